The maximum atomic E-state index is 11.9. The largest absolute Gasteiger partial charge is 0.545 e. The molecule has 0 aromatic heterocycles. The Labute approximate surface area is 134 Å². The fourth-order valence-electron chi connectivity index (χ4n) is 2.14. The molecule has 0 saturated carbocycles. The minimum atomic E-state index is -1.42. The van der Waals surface area contributed by atoms with Gasteiger partial charge in [-0.05, 0) is 29.3 Å². The Morgan fingerprint density at radius 3 is 2.17 bits per heavy atom. The molecular formula is C18H16NO4-. The number of amides is 1. The number of methoxy groups -OCH3 is 1. The maximum Gasteiger partial charge on any atom is 0.244 e. The first-order chi connectivity index (χ1) is 11.1. The maximum absolute atomic E-state index is 11.9. The van der Waals surface area contributed by atoms with Gasteiger partial charge >= 0.3 is 0 Å². The molecular weight excluding hydrogens is 294 g/mol. The third kappa shape index (κ3) is 4.71. The van der Waals surface area contributed by atoms with Crippen molar-refractivity contribution in [3.05, 3.63) is 77.9 Å². The number of ether oxygens (including phenoxy) is 1. The monoisotopic (exact) mass is 310 g/mol. The topological polar surface area (TPSA) is 78.5 Å². The van der Waals surface area contributed by atoms with E-state index in [1.54, 1.807) is 19.2 Å². The zero-order valence-electron chi connectivity index (χ0n) is 12.6. The number of carbonyl (C=O) groups excluding carboxylic acids is 2. The number of hydrogen-bond acceptors (Lipinski definition) is 4. The molecule has 0 spiro atoms. The highest BCUT2D eigenvalue weighted by Gasteiger charge is 2.15. The van der Waals surface area contributed by atoms with E-state index in [4.69, 9.17) is 4.74 Å². The van der Waals surface area contributed by atoms with Crippen LogP contribution in [0.1, 0.15) is 17.2 Å². The number of rotatable bonds is 6. The van der Waals surface area contributed by atoms with Crippen LogP contribution in [0.2, 0.25) is 0 Å². The lowest BCUT2D eigenvalue weighted by molar-refractivity contribution is -0.297. The number of hydrogen-bond donors (Lipinski definition) is 1. The summed E-state index contributed by atoms with van der Waals surface area (Å²) in [6, 6.07) is 16.3. The third-order valence-corrected chi connectivity index (χ3v) is 3.24. The zero-order chi connectivity index (χ0) is 16.7. The number of aliphatic carboxylic acids is 1. The van der Waals surface area contributed by atoms with Gasteiger partial charge in [0.25, 0.3) is 0 Å². The molecule has 0 saturated heterocycles. The minimum Gasteiger partial charge on any atom is -0.545 e. The first-order valence-electron chi connectivity index (χ1n) is 6.98. The van der Waals surface area contributed by atoms with Gasteiger partial charge in [-0.25, -0.2) is 0 Å². The SMILES string of the molecule is COc1ccc([C@@H](NC(=O)C=CC(=O)[O-])c2ccccc2)cc1. The van der Waals surface area contributed by atoms with E-state index in [1.165, 1.54) is 0 Å². The summed E-state index contributed by atoms with van der Waals surface area (Å²) in [5.74, 6) is -1.22. The minimum absolute atomic E-state index is 0.402. The lowest BCUT2D eigenvalue weighted by Gasteiger charge is -2.19. The molecule has 1 atom stereocenters. The van der Waals surface area contributed by atoms with Gasteiger partial charge in [0.05, 0.1) is 19.1 Å². The van der Waals surface area contributed by atoms with Crippen LogP contribution >= 0.6 is 0 Å². The second-order valence-corrected chi connectivity index (χ2v) is 4.78. The fraction of sp³-hybridized carbons (Fsp3) is 0.111. The Bertz CT molecular complexity index is 693. The fourth-order valence-corrected chi connectivity index (χ4v) is 2.14. The molecule has 0 bridgehead atoms. The molecule has 1 N–H and O–H groups in total. The summed E-state index contributed by atoms with van der Waals surface area (Å²) >= 11 is 0. The van der Waals surface area contributed by atoms with E-state index >= 15 is 0 Å². The van der Waals surface area contributed by atoms with Crippen molar-refractivity contribution in [2.45, 2.75) is 6.04 Å². The highest BCUT2D eigenvalue weighted by atomic mass is 16.5. The Balaban J connectivity index is 2.28. The normalized spacial score (nSPS) is 11.9. The van der Waals surface area contributed by atoms with Crippen molar-refractivity contribution >= 4 is 11.9 Å². The third-order valence-electron chi connectivity index (χ3n) is 3.24. The Hall–Kier alpha value is -3.08. The van der Waals surface area contributed by atoms with Gasteiger partial charge in [-0.3, -0.25) is 4.79 Å². The van der Waals surface area contributed by atoms with Gasteiger partial charge in [0.2, 0.25) is 5.91 Å². The lowest BCUT2D eigenvalue weighted by Crippen LogP contribution is -2.28. The van der Waals surface area contributed by atoms with E-state index in [0.29, 0.717) is 11.8 Å². The number of benzene rings is 2. The Morgan fingerprint density at radius 1 is 1.00 bits per heavy atom. The van der Waals surface area contributed by atoms with Crippen molar-refractivity contribution < 1.29 is 19.4 Å². The number of carbonyl (C=O) groups is 2. The summed E-state index contributed by atoms with van der Waals surface area (Å²) < 4.78 is 5.13. The molecule has 1 amide bonds. The Morgan fingerprint density at radius 2 is 1.61 bits per heavy atom. The van der Waals surface area contributed by atoms with E-state index in [2.05, 4.69) is 5.32 Å². The van der Waals surface area contributed by atoms with Crippen LogP contribution in [0.5, 0.6) is 5.75 Å². The molecule has 0 unspecified atom stereocenters. The molecule has 0 heterocycles. The van der Waals surface area contributed by atoms with Crippen molar-refractivity contribution in [1.82, 2.24) is 5.32 Å². The second-order valence-electron chi connectivity index (χ2n) is 4.78. The first-order valence-corrected chi connectivity index (χ1v) is 6.98. The summed E-state index contributed by atoms with van der Waals surface area (Å²) in [5, 5.41) is 13.2. The average molecular weight is 310 g/mol. The van der Waals surface area contributed by atoms with Gasteiger partial charge in [0, 0.05) is 6.08 Å². The van der Waals surface area contributed by atoms with Gasteiger partial charge in [0.15, 0.2) is 0 Å². The standard InChI is InChI=1S/C18H17NO4/c1-23-15-9-7-14(8-10-15)18(13-5-3-2-4-6-13)19-16(20)11-12-17(21)22/h2-12,18H,1H3,(H,19,20)(H,21,22)/p-1/t18-/m0/s1. The van der Waals surface area contributed by atoms with Crippen molar-refractivity contribution in [3.63, 3.8) is 0 Å². The number of nitrogens with one attached hydrogen (secondary N) is 1. The van der Waals surface area contributed by atoms with Gasteiger partial charge < -0.3 is 20.0 Å². The van der Waals surface area contributed by atoms with E-state index in [1.807, 2.05) is 42.5 Å². The Kier molecular flexibility index (Phi) is 5.52. The molecule has 2 aromatic carbocycles. The summed E-state index contributed by atoms with van der Waals surface area (Å²) in [5.41, 5.74) is 1.74. The highest BCUT2D eigenvalue weighted by Crippen LogP contribution is 2.24. The molecule has 0 fully saturated rings. The zero-order valence-corrected chi connectivity index (χ0v) is 12.6. The van der Waals surface area contributed by atoms with E-state index in [9.17, 15) is 14.7 Å². The van der Waals surface area contributed by atoms with Crippen molar-refractivity contribution in [1.29, 1.82) is 0 Å². The molecule has 23 heavy (non-hydrogen) atoms. The number of carboxylic acid groups (broad SMARTS) is 1. The summed E-state index contributed by atoms with van der Waals surface area (Å²) in [4.78, 5) is 22.3. The number of carboxylic acids is 1. The van der Waals surface area contributed by atoms with Crippen LogP contribution in [0, 0.1) is 0 Å². The van der Waals surface area contributed by atoms with Gasteiger partial charge in [-0.2, -0.15) is 0 Å². The van der Waals surface area contributed by atoms with Crippen LogP contribution in [-0.4, -0.2) is 19.0 Å². The van der Waals surface area contributed by atoms with E-state index in [-0.39, 0.29) is 0 Å². The predicted octanol–water partition coefficient (Wildman–Crippen LogP) is 1.21. The van der Waals surface area contributed by atoms with Crippen LogP contribution in [-0.2, 0) is 9.59 Å². The average Bonchev–Trinajstić information content (AvgIpc) is 2.59. The lowest BCUT2D eigenvalue weighted by atomic mass is 9.98. The molecule has 0 radical (unpaired) electrons. The van der Waals surface area contributed by atoms with E-state index in [0.717, 1.165) is 17.2 Å². The molecule has 5 nitrogen and oxygen atoms in total. The van der Waals surface area contributed by atoms with E-state index < -0.39 is 17.9 Å². The first kappa shape index (κ1) is 16.3. The van der Waals surface area contributed by atoms with Crippen molar-refractivity contribution in [2.75, 3.05) is 7.11 Å². The van der Waals surface area contributed by atoms with Crippen LogP contribution in [0.15, 0.2) is 66.7 Å². The van der Waals surface area contributed by atoms with Gasteiger partial charge in [0.1, 0.15) is 5.75 Å². The van der Waals surface area contributed by atoms with Crippen LogP contribution < -0.4 is 15.2 Å². The molecule has 5 heteroatoms. The predicted molar refractivity (Wildman–Crippen MR) is 83.6 cm³/mol. The summed E-state index contributed by atoms with van der Waals surface area (Å²) in [6.07, 6.45) is 1.64. The molecule has 2 aromatic rings. The molecule has 0 aliphatic rings. The second kappa shape index (κ2) is 7.79. The smallest absolute Gasteiger partial charge is 0.244 e. The van der Waals surface area contributed by atoms with Crippen LogP contribution in [0.25, 0.3) is 0 Å². The molecule has 0 aliphatic heterocycles. The molecule has 118 valence electrons. The van der Waals surface area contributed by atoms with Crippen molar-refractivity contribution in [2.24, 2.45) is 0 Å². The summed E-state index contributed by atoms with van der Waals surface area (Å²) in [6.45, 7) is 0. The van der Waals surface area contributed by atoms with Gasteiger partial charge in [-0.15, -0.1) is 0 Å². The van der Waals surface area contributed by atoms with Crippen LogP contribution in [0.3, 0.4) is 0 Å². The van der Waals surface area contributed by atoms with Gasteiger partial charge in [-0.1, -0.05) is 42.5 Å². The van der Waals surface area contributed by atoms with Crippen LogP contribution in [0.4, 0.5) is 0 Å². The molecule has 2 rings (SSSR count). The molecule has 0 aliphatic carbocycles. The quantitative estimate of drug-likeness (QED) is 0.813. The van der Waals surface area contributed by atoms with Crippen molar-refractivity contribution in [3.8, 4) is 5.75 Å². The summed E-state index contributed by atoms with van der Waals surface area (Å²) in [7, 11) is 1.58. The highest BCUT2D eigenvalue weighted by molar-refractivity contribution is 5.93.